The van der Waals surface area contributed by atoms with Gasteiger partial charge in [-0.3, -0.25) is 15.6 Å². The van der Waals surface area contributed by atoms with Gasteiger partial charge in [-0.1, -0.05) is 40.9 Å². The zero-order chi connectivity index (χ0) is 20.5. The fraction of sp³-hybridized carbons (Fsp3) is 0.188. The van der Waals surface area contributed by atoms with Gasteiger partial charge in [0.2, 0.25) is 0 Å². The molecule has 2 aromatic heterocycles. The number of carbonyl (C=O) groups is 1. The molecule has 1 unspecified atom stereocenters. The third-order valence-corrected chi connectivity index (χ3v) is 4.54. The van der Waals surface area contributed by atoms with Gasteiger partial charge >= 0.3 is 6.18 Å². The number of alkyl halides is 3. The highest BCUT2D eigenvalue weighted by Gasteiger charge is 2.34. The average Bonchev–Trinajstić information content (AvgIpc) is 3.09. The van der Waals surface area contributed by atoms with E-state index in [2.05, 4.69) is 20.8 Å². The average molecular weight is 453 g/mol. The first-order valence-corrected chi connectivity index (χ1v) is 8.85. The van der Waals surface area contributed by atoms with Gasteiger partial charge in [0.1, 0.15) is 6.04 Å². The zero-order valence-corrected chi connectivity index (χ0v) is 16.0. The van der Waals surface area contributed by atoms with Gasteiger partial charge in [-0.05, 0) is 18.6 Å². The fourth-order valence-corrected chi connectivity index (χ4v) is 3.15. The van der Waals surface area contributed by atoms with Crippen LogP contribution in [0.15, 0.2) is 36.8 Å². The highest BCUT2D eigenvalue weighted by molar-refractivity contribution is 6.36. The molecule has 3 rings (SSSR count). The molecule has 1 aliphatic heterocycles. The summed E-state index contributed by atoms with van der Waals surface area (Å²) < 4.78 is 38.3. The largest absolute Gasteiger partial charge is 0.417 e. The summed E-state index contributed by atoms with van der Waals surface area (Å²) >= 11 is 17.7. The monoisotopic (exact) mass is 451 g/mol. The molecule has 0 saturated heterocycles. The molecule has 148 valence electrons. The molecule has 0 aliphatic carbocycles. The number of pyridine rings is 2. The van der Waals surface area contributed by atoms with Crippen LogP contribution in [0.1, 0.15) is 12.0 Å². The molecular formula is C16H11Cl3F3N5O. The van der Waals surface area contributed by atoms with E-state index in [1.807, 2.05) is 0 Å². The summed E-state index contributed by atoms with van der Waals surface area (Å²) in [5.74, 6) is -0.274. The van der Waals surface area contributed by atoms with Crippen molar-refractivity contribution in [3.63, 3.8) is 0 Å². The normalized spacial score (nSPS) is 16.4. The molecule has 3 heterocycles. The van der Waals surface area contributed by atoms with Gasteiger partial charge in [0.15, 0.2) is 11.6 Å². The van der Waals surface area contributed by atoms with Gasteiger partial charge in [0, 0.05) is 18.6 Å². The Hall–Kier alpha value is -2.23. The molecular weight excluding hydrogens is 442 g/mol. The van der Waals surface area contributed by atoms with Crippen LogP contribution in [0.2, 0.25) is 15.1 Å². The molecule has 6 nitrogen and oxygen atoms in total. The number of hydrogen-bond acceptors (Lipinski definition) is 5. The van der Waals surface area contributed by atoms with Gasteiger partial charge in [0.25, 0.3) is 5.91 Å². The maximum absolute atomic E-state index is 12.8. The van der Waals surface area contributed by atoms with E-state index < -0.39 is 23.7 Å². The van der Waals surface area contributed by atoms with Crippen LogP contribution < -0.4 is 15.8 Å². The minimum absolute atomic E-state index is 0.0335. The fourth-order valence-electron chi connectivity index (χ4n) is 2.46. The lowest BCUT2D eigenvalue weighted by molar-refractivity contribution is -0.137. The topological polar surface area (TPSA) is 70.2 Å². The van der Waals surface area contributed by atoms with Crippen LogP contribution in [0, 0.1) is 0 Å². The molecule has 1 amide bonds. The van der Waals surface area contributed by atoms with Crippen LogP contribution >= 0.6 is 34.8 Å². The van der Waals surface area contributed by atoms with Crippen LogP contribution in [0.4, 0.5) is 24.8 Å². The van der Waals surface area contributed by atoms with Gasteiger partial charge in [-0.15, -0.1) is 0 Å². The van der Waals surface area contributed by atoms with E-state index >= 15 is 0 Å². The third-order valence-electron chi connectivity index (χ3n) is 3.77. The van der Waals surface area contributed by atoms with Crippen molar-refractivity contribution in [1.29, 1.82) is 0 Å². The molecule has 1 atom stereocenters. The van der Waals surface area contributed by atoms with Gasteiger partial charge in [0.05, 0.1) is 20.6 Å². The van der Waals surface area contributed by atoms with E-state index in [4.69, 9.17) is 34.8 Å². The lowest BCUT2D eigenvalue weighted by atomic mass is 10.2. The Bertz CT molecular complexity index is 938. The van der Waals surface area contributed by atoms with Gasteiger partial charge in [-0.2, -0.15) is 13.2 Å². The number of amides is 1. The number of rotatable bonds is 4. The smallest absolute Gasteiger partial charge is 0.319 e. The molecule has 0 spiro atoms. The van der Waals surface area contributed by atoms with E-state index in [1.165, 1.54) is 23.4 Å². The summed E-state index contributed by atoms with van der Waals surface area (Å²) in [7, 11) is 0. The first-order valence-electron chi connectivity index (χ1n) is 7.71. The number of aromatic nitrogens is 2. The molecule has 0 aromatic carbocycles. The predicted molar refractivity (Wildman–Crippen MR) is 100 cm³/mol. The standard InChI is InChI=1S/C16H11Cl3F3N5O/c17-9-5-10(18)13(23-7-9)25-26-15(28)12-2-1-3-27(12)14-11(19)4-8(6-24-14)16(20,21)22/h1,3-7,12H,2H2,(H,23,25)(H,26,28). The minimum atomic E-state index is -4.57. The van der Waals surface area contributed by atoms with Crippen molar-refractivity contribution in [2.75, 3.05) is 10.3 Å². The molecule has 0 bridgehead atoms. The summed E-state index contributed by atoms with van der Waals surface area (Å²) in [6, 6.07) is 1.43. The van der Waals surface area contributed by atoms with E-state index in [9.17, 15) is 18.0 Å². The van der Waals surface area contributed by atoms with Crippen molar-refractivity contribution in [1.82, 2.24) is 15.4 Å². The lowest BCUT2D eigenvalue weighted by Gasteiger charge is -2.25. The molecule has 1 aliphatic rings. The molecule has 2 N–H and O–H groups in total. The van der Waals surface area contributed by atoms with Crippen LogP contribution in [-0.2, 0) is 11.0 Å². The Morgan fingerprint density at radius 3 is 2.54 bits per heavy atom. The number of carbonyl (C=O) groups excluding carboxylic acids is 1. The van der Waals surface area contributed by atoms with E-state index in [0.717, 1.165) is 6.07 Å². The van der Waals surface area contributed by atoms with Crippen molar-refractivity contribution in [3.05, 3.63) is 57.4 Å². The maximum atomic E-state index is 12.8. The Labute approximate surface area is 172 Å². The second-order valence-electron chi connectivity index (χ2n) is 5.67. The molecule has 0 radical (unpaired) electrons. The summed E-state index contributed by atoms with van der Waals surface area (Å²) in [6.45, 7) is 0. The summed E-state index contributed by atoms with van der Waals surface area (Å²) in [5.41, 5.74) is 4.04. The van der Waals surface area contributed by atoms with Crippen molar-refractivity contribution in [3.8, 4) is 0 Å². The summed E-state index contributed by atoms with van der Waals surface area (Å²) in [4.78, 5) is 21.6. The number of hydrogen-bond donors (Lipinski definition) is 2. The van der Waals surface area contributed by atoms with E-state index in [-0.39, 0.29) is 21.7 Å². The second kappa shape index (κ2) is 8.02. The Balaban J connectivity index is 1.73. The first kappa shape index (κ1) is 20.5. The molecule has 2 aromatic rings. The molecule has 0 saturated carbocycles. The number of nitrogens with zero attached hydrogens (tertiary/aromatic N) is 3. The van der Waals surface area contributed by atoms with Gasteiger partial charge in [-0.25, -0.2) is 9.97 Å². The van der Waals surface area contributed by atoms with Gasteiger partial charge < -0.3 is 4.90 Å². The van der Waals surface area contributed by atoms with Crippen molar-refractivity contribution in [2.45, 2.75) is 18.6 Å². The van der Waals surface area contributed by atoms with Crippen molar-refractivity contribution >= 4 is 52.3 Å². The third kappa shape index (κ3) is 4.43. The van der Waals surface area contributed by atoms with Crippen LogP contribution in [0.3, 0.4) is 0 Å². The minimum Gasteiger partial charge on any atom is -0.319 e. The Kier molecular flexibility index (Phi) is 5.87. The quantitative estimate of drug-likeness (QED) is 0.659. The number of halogens is 6. The number of anilines is 2. The summed E-state index contributed by atoms with van der Waals surface area (Å²) in [6.07, 6.45) is 0.942. The van der Waals surface area contributed by atoms with Crippen LogP contribution in [0.5, 0.6) is 0 Å². The van der Waals surface area contributed by atoms with Crippen molar-refractivity contribution < 1.29 is 18.0 Å². The highest BCUT2D eigenvalue weighted by atomic mass is 35.5. The maximum Gasteiger partial charge on any atom is 0.417 e. The molecule has 12 heteroatoms. The molecule has 0 fully saturated rings. The van der Waals surface area contributed by atoms with Crippen LogP contribution in [0.25, 0.3) is 0 Å². The van der Waals surface area contributed by atoms with Crippen molar-refractivity contribution in [2.24, 2.45) is 0 Å². The number of hydrazine groups is 1. The number of nitrogens with one attached hydrogen (secondary N) is 2. The van der Waals surface area contributed by atoms with Crippen LogP contribution in [-0.4, -0.2) is 21.9 Å². The second-order valence-corrected chi connectivity index (χ2v) is 6.92. The first-order chi connectivity index (χ1) is 13.2. The highest BCUT2D eigenvalue weighted by Crippen LogP contribution is 2.35. The predicted octanol–water partition coefficient (Wildman–Crippen LogP) is 4.69. The summed E-state index contributed by atoms with van der Waals surface area (Å²) in [5, 5.41) is 0.298. The SMILES string of the molecule is O=C(NNc1ncc(Cl)cc1Cl)C1CC=CN1c1ncc(C(F)(F)F)cc1Cl. The Morgan fingerprint density at radius 2 is 1.89 bits per heavy atom. The Morgan fingerprint density at radius 1 is 1.14 bits per heavy atom. The van der Waals surface area contributed by atoms with E-state index in [1.54, 1.807) is 6.08 Å². The zero-order valence-electron chi connectivity index (χ0n) is 13.8. The molecule has 28 heavy (non-hydrogen) atoms. The van der Waals surface area contributed by atoms with E-state index in [0.29, 0.717) is 17.6 Å². The lowest BCUT2D eigenvalue weighted by Crippen LogP contribution is -2.45.